The minimum atomic E-state index is -0.296. The average molecular weight is 259 g/mol. The SMILES string of the molecule is CC(=O)NCC=Cc1cnn(-c2cccc(F)c2)c1. The first kappa shape index (κ1) is 13.0. The van der Waals surface area contributed by atoms with Gasteiger partial charge in [0.15, 0.2) is 0 Å². The fraction of sp³-hybridized carbons (Fsp3) is 0.143. The summed E-state index contributed by atoms with van der Waals surface area (Å²) in [6, 6.07) is 6.22. The monoisotopic (exact) mass is 259 g/mol. The molecule has 98 valence electrons. The zero-order chi connectivity index (χ0) is 13.7. The highest BCUT2D eigenvalue weighted by Gasteiger charge is 1.99. The third-order valence-electron chi connectivity index (χ3n) is 2.45. The fourth-order valence-electron chi connectivity index (χ4n) is 1.58. The molecule has 0 aliphatic carbocycles. The smallest absolute Gasteiger partial charge is 0.217 e. The van der Waals surface area contributed by atoms with Gasteiger partial charge in [0.2, 0.25) is 5.91 Å². The quantitative estimate of drug-likeness (QED) is 0.914. The van der Waals surface area contributed by atoms with Crippen LogP contribution in [-0.2, 0) is 4.79 Å². The number of benzene rings is 1. The Morgan fingerprint density at radius 1 is 1.53 bits per heavy atom. The van der Waals surface area contributed by atoms with Crippen molar-refractivity contribution in [2.45, 2.75) is 6.92 Å². The second-order valence-corrected chi connectivity index (χ2v) is 4.04. The number of carbonyl (C=O) groups excluding carboxylic acids is 1. The van der Waals surface area contributed by atoms with Gasteiger partial charge in [-0.1, -0.05) is 18.2 Å². The molecule has 0 aliphatic rings. The largest absolute Gasteiger partial charge is 0.353 e. The Bertz CT molecular complexity index is 604. The fourth-order valence-corrected chi connectivity index (χ4v) is 1.58. The van der Waals surface area contributed by atoms with Gasteiger partial charge >= 0.3 is 0 Å². The van der Waals surface area contributed by atoms with Gasteiger partial charge in [-0.15, -0.1) is 0 Å². The highest BCUT2D eigenvalue weighted by Crippen LogP contribution is 2.10. The molecular formula is C14H14FN3O. The summed E-state index contributed by atoms with van der Waals surface area (Å²) >= 11 is 0. The van der Waals surface area contributed by atoms with E-state index >= 15 is 0 Å². The Balaban J connectivity index is 2.05. The van der Waals surface area contributed by atoms with Crippen molar-refractivity contribution < 1.29 is 9.18 Å². The normalized spacial score (nSPS) is 10.8. The molecule has 0 radical (unpaired) electrons. The van der Waals surface area contributed by atoms with E-state index in [1.165, 1.54) is 19.1 Å². The number of rotatable bonds is 4. The number of nitrogens with zero attached hydrogens (tertiary/aromatic N) is 2. The van der Waals surface area contributed by atoms with Gasteiger partial charge in [0, 0.05) is 25.2 Å². The van der Waals surface area contributed by atoms with Crippen molar-refractivity contribution in [1.82, 2.24) is 15.1 Å². The minimum absolute atomic E-state index is 0.0693. The van der Waals surface area contributed by atoms with E-state index in [0.29, 0.717) is 12.2 Å². The number of carbonyl (C=O) groups is 1. The van der Waals surface area contributed by atoms with Crippen LogP contribution in [-0.4, -0.2) is 22.2 Å². The molecule has 5 heteroatoms. The van der Waals surface area contributed by atoms with E-state index in [-0.39, 0.29) is 11.7 Å². The molecule has 0 spiro atoms. The number of amides is 1. The van der Waals surface area contributed by atoms with E-state index in [2.05, 4.69) is 10.4 Å². The lowest BCUT2D eigenvalue weighted by Crippen LogP contribution is -2.19. The van der Waals surface area contributed by atoms with Crippen LogP contribution in [0.2, 0.25) is 0 Å². The molecule has 0 aliphatic heterocycles. The van der Waals surface area contributed by atoms with Crippen LogP contribution < -0.4 is 5.32 Å². The Labute approximate surface area is 110 Å². The van der Waals surface area contributed by atoms with Gasteiger partial charge in [-0.2, -0.15) is 5.10 Å². The van der Waals surface area contributed by atoms with E-state index in [1.54, 1.807) is 29.2 Å². The Kier molecular flexibility index (Phi) is 4.07. The van der Waals surface area contributed by atoms with Crippen molar-refractivity contribution in [3.05, 3.63) is 54.1 Å². The van der Waals surface area contributed by atoms with E-state index < -0.39 is 0 Å². The summed E-state index contributed by atoms with van der Waals surface area (Å²) in [6.45, 7) is 1.94. The summed E-state index contributed by atoms with van der Waals surface area (Å²) in [5, 5.41) is 6.81. The van der Waals surface area contributed by atoms with E-state index in [4.69, 9.17) is 0 Å². The summed E-state index contributed by atoms with van der Waals surface area (Å²) in [5.74, 6) is -0.365. The second kappa shape index (κ2) is 5.95. The van der Waals surface area contributed by atoms with Gasteiger partial charge in [-0.05, 0) is 18.2 Å². The van der Waals surface area contributed by atoms with Gasteiger partial charge in [-0.25, -0.2) is 9.07 Å². The first-order valence-corrected chi connectivity index (χ1v) is 5.87. The molecule has 4 nitrogen and oxygen atoms in total. The summed E-state index contributed by atoms with van der Waals surface area (Å²) in [7, 11) is 0. The average Bonchev–Trinajstić information content (AvgIpc) is 2.83. The van der Waals surface area contributed by atoms with Crippen molar-refractivity contribution >= 4 is 12.0 Å². The number of nitrogens with one attached hydrogen (secondary N) is 1. The maximum atomic E-state index is 13.1. The molecular weight excluding hydrogens is 245 g/mol. The molecule has 19 heavy (non-hydrogen) atoms. The van der Waals surface area contributed by atoms with E-state index in [9.17, 15) is 9.18 Å². The molecule has 0 bridgehead atoms. The molecule has 1 N–H and O–H groups in total. The molecule has 0 fully saturated rings. The van der Waals surface area contributed by atoms with Crippen LogP contribution in [0.5, 0.6) is 0 Å². The predicted molar refractivity (Wildman–Crippen MR) is 71.2 cm³/mol. The van der Waals surface area contributed by atoms with Gasteiger partial charge in [0.25, 0.3) is 0 Å². The van der Waals surface area contributed by atoms with Crippen LogP contribution in [0.15, 0.2) is 42.7 Å². The highest BCUT2D eigenvalue weighted by molar-refractivity contribution is 5.73. The first-order valence-electron chi connectivity index (χ1n) is 5.87. The van der Waals surface area contributed by atoms with Gasteiger partial charge in [-0.3, -0.25) is 4.79 Å². The summed E-state index contributed by atoms with van der Waals surface area (Å²) < 4.78 is 14.7. The number of hydrogen-bond acceptors (Lipinski definition) is 2. The van der Waals surface area contributed by atoms with Gasteiger partial charge in [0.05, 0.1) is 11.9 Å². The Morgan fingerprint density at radius 3 is 3.11 bits per heavy atom. The Morgan fingerprint density at radius 2 is 2.37 bits per heavy atom. The number of hydrogen-bond donors (Lipinski definition) is 1. The van der Waals surface area contributed by atoms with Crippen molar-refractivity contribution in [1.29, 1.82) is 0 Å². The number of halogens is 1. The first-order chi connectivity index (χ1) is 9.15. The Hall–Kier alpha value is -2.43. The summed E-state index contributed by atoms with van der Waals surface area (Å²) in [5.41, 5.74) is 1.55. The molecule has 2 rings (SSSR count). The standard InChI is InChI=1S/C14H14FN3O/c1-11(19)16-7-3-4-12-9-17-18(10-12)14-6-2-5-13(15)8-14/h2-6,8-10H,7H2,1H3,(H,16,19). The molecule has 1 aromatic heterocycles. The van der Waals surface area contributed by atoms with Crippen molar-refractivity contribution in [2.75, 3.05) is 6.54 Å². The molecule has 0 saturated heterocycles. The molecule has 1 amide bonds. The third kappa shape index (κ3) is 3.77. The second-order valence-electron chi connectivity index (χ2n) is 4.04. The predicted octanol–water partition coefficient (Wildman–Crippen LogP) is 2.16. The zero-order valence-electron chi connectivity index (χ0n) is 10.5. The maximum absolute atomic E-state index is 13.1. The maximum Gasteiger partial charge on any atom is 0.217 e. The van der Waals surface area contributed by atoms with Crippen LogP contribution in [0, 0.1) is 5.82 Å². The van der Waals surface area contributed by atoms with Crippen LogP contribution in [0.1, 0.15) is 12.5 Å². The zero-order valence-corrected chi connectivity index (χ0v) is 10.5. The molecule has 0 unspecified atom stereocenters. The molecule has 0 atom stereocenters. The molecule has 1 aromatic carbocycles. The van der Waals surface area contributed by atoms with Crippen LogP contribution in [0.3, 0.4) is 0 Å². The lowest BCUT2D eigenvalue weighted by Gasteiger charge is -1.99. The molecule has 1 heterocycles. The molecule has 2 aromatic rings. The lowest BCUT2D eigenvalue weighted by molar-refractivity contribution is -0.118. The lowest BCUT2D eigenvalue weighted by atomic mass is 10.3. The van der Waals surface area contributed by atoms with Gasteiger partial charge < -0.3 is 5.32 Å². The summed E-state index contributed by atoms with van der Waals surface area (Å²) in [6.07, 6.45) is 7.14. The van der Waals surface area contributed by atoms with Crippen LogP contribution in [0.25, 0.3) is 11.8 Å². The topological polar surface area (TPSA) is 46.9 Å². The van der Waals surface area contributed by atoms with Crippen LogP contribution in [0.4, 0.5) is 4.39 Å². The van der Waals surface area contributed by atoms with Crippen molar-refractivity contribution in [3.63, 3.8) is 0 Å². The number of aromatic nitrogens is 2. The van der Waals surface area contributed by atoms with Crippen molar-refractivity contribution in [3.8, 4) is 5.69 Å². The minimum Gasteiger partial charge on any atom is -0.353 e. The van der Waals surface area contributed by atoms with Crippen LogP contribution >= 0.6 is 0 Å². The van der Waals surface area contributed by atoms with E-state index in [0.717, 1.165) is 5.56 Å². The third-order valence-corrected chi connectivity index (χ3v) is 2.45. The summed E-state index contributed by atoms with van der Waals surface area (Å²) in [4.78, 5) is 10.7. The highest BCUT2D eigenvalue weighted by atomic mass is 19.1. The van der Waals surface area contributed by atoms with E-state index in [1.807, 2.05) is 12.2 Å². The van der Waals surface area contributed by atoms with Crippen molar-refractivity contribution in [2.24, 2.45) is 0 Å². The van der Waals surface area contributed by atoms with Gasteiger partial charge in [0.1, 0.15) is 5.82 Å². The molecule has 0 saturated carbocycles.